The van der Waals surface area contributed by atoms with Gasteiger partial charge in [-0.3, -0.25) is 9.59 Å². The summed E-state index contributed by atoms with van der Waals surface area (Å²) < 4.78 is 4.98. The Morgan fingerprint density at radius 1 is 1.33 bits per heavy atom. The van der Waals surface area contributed by atoms with Crippen LogP contribution in [0, 0.1) is 6.92 Å². The van der Waals surface area contributed by atoms with Crippen LogP contribution in [0.2, 0.25) is 0 Å². The number of nitrogens with zero attached hydrogens (tertiary/aromatic N) is 2. The molecule has 124 valence electrons. The molecule has 0 bridgehead atoms. The van der Waals surface area contributed by atoms with Gasteiger partial charge in [-0.15, -0.1) is 0 Å². The largest absolute Gasteiger partial charge is 0.364 e. The lowest BCUT2D eigenvalue weighted by molar-refractivity contribution is 0.0785. The molecule has 0 saturated carbocycles. The number of hydrogen-bond donors (Lipinski definition) is 1. The van der Waals surface area contributed by atoms with Crippen LogP contribution < -0.4 is 5.56 Å². The lowest BCUT2D eigenvalue weighted by atomic mass is 10.1. The molecule has 6 heteroatoms. The molecule has 6 nitrogen and oxygen atoms in total. The number of carbonyl (C=O) groups excluding carboxylic acids is 1. The van der Waals surface area contributed by atoms with Crippen molar-refractivity contribution in [3.63, 3.8) is 0 Å². The van der Waals surface area contributed by atoms with Crippen LogP contribution in [-0.4, -0.2) is 28.0 Å². The van der Waals surface area contributed by atoms with Crippen molar-refractivity contribution in [2.75, 3.05) is 7.05 Å². The van der Waals surface area contributed by atoms with Crippen molar-refractivity contribution in [3.8, 4) is 0 Å². The first-order valence-electron chi connectivity index (χ1n) is 7.81. The van der Waals surface area contributed by atoms with Crippen molar-refractivity contribution in [1.29, 1.82) is 0 Å². The van der Waals surface area contributed by atoms with Crippen LogP contribution in [-0.2, 0) is 13.0 Å². The molecule has 2 heterocycles. The smallest absolute Gasteiger partial charge is 0.253 e. The van der Waals surface area contributed by atoms with Crippen molar-refractivity contribution >= 4 is 16.8 Å². The maximum atomic E-state index is 12.7. The molecule has 1 N–H and O–H groups in total. The third-order valence-electron chi connectivity index (χ3n) is 4.11. The first kappa shape index (κ1) is 16.0. The van der Waals surface area contributed by atoms with Gasteiger partial charge < -0.3 is 14.4 Å². The summed E-state index contributed by atoms with van der Waals surface area (Å²) in [7, 11) is 1.73. The molecule has 3 rings (SSSR count). The Bertz CT molecular complexity index is 956. The molecule has 2 aromatic heterocycles. The fourth-order valence-electron chi connectivity index (χ4n) is 2.82. The summed E-state index contributed by atoms with van der Waals surface area (Å²) >= 11 is 0. The number of aromatic nitrogens is 2. The standard InChI is InChI=1S/C18H19N3O3/c1-4-15-13(10-24-20-15)9-21(3)18(23)12-5-6-14-11(2)7-17(22)19-16(14)8-12/h5-8,10H,4,9H2,1-3H3,(H,19,22). The minimum Gasteiger partial charge on any atom is -0.364 e. The van der Waals surface area contributed by atoms with Crippen molar-refractivity contribution in [2.45, 2.75) is 26.8 Å². The Morgan fingerprint density at radius 3 is 2.88 bits per heavy atom. The Labute approximate surface area is 139 Å². The quantitative estimate of drug-likeness (QED) is 0.800. The highest BCUT2D eigenvalue weighted by molar-refractivity contribution is 5.98. The summed E-state index contributed by atoms with van der Waals surface area (Å²) in [4.78, 5) is 28.7. The van der Waals surface area contributed by atoms with E-state index in [1.54, 1.807) is 36.4 Å². The topological polar surface area (TPSA) is 79.2 Å². The summed E-state index contributed by atoms with van der Waals surface area (Å²) in [5, 5.41) is 4.86. The van der Waals surface area contributed by atoms with E-state index in [4.69, 9.17) is 4.52 Å². The number of benzene rings is 1. The Balaban J connectivity index is 1.89. The summed E-state index contributed by atoms with van der Waals surface area (Å²) in [5.74, 6) is -0.123. The molecular weight excluding hydrogens is 306 g/mol. The predicted molar refractivity (Wildman–Crippen MR) is 91.0 cm³/mol. The fourth-order valence-corrected chi connectivity index (χ4v) is 2.82. The first-order valence-corrected chi connectivity index (χ1v) is 7.81. The number of pyridine rings is 1. The van der Waals surface area contributed by atoms with E-state index < -0.39 is 0 Å². The van der Waals surface area contributed by atoms with Crippen molar-refractivity contribution in [3.05, 3.63) is 63.3 Å². The molecule has 0 atom stereocenters. The van der Waals surface area contributed by atoms with Crippen LogP contribution in [0.5, 0.6) is 0 Å². The molecule has 3 aromatic rings. The van der Waals surface area contributed by atoms with E-state index in [1.165, 1.54) is 0 Å². The molecule has 0 aliphatic heterocycles. The highest BCUT2D eigenvalue weighted by Gasteiger charge is 2.16. The van der Waals surface area contributed by atoms with E-state index in [1.807, 2.05) is 19.9 Å². The molecule has 0 spiro atoms. The number of H-pyrrole nitrogens is 1. The van der Waals surface area contributed by atoms with Gasteiger partial charge in [-0.1, -0.05) is 18.1 Å². The second-order valence-corrected chi connectivity index (χ2v) is 5.88. The van der Waals surface area contributed by atoms with Crippen LogP contribution in [0.15, 0.2) is 39.8 Å². The van der Waals surface area contributed by atoms with Gasteiger partial charge in [0.1, 0.15) is 6.26 Å². The molecule has 0 unspecified atom stereocenters. The zero-order chi connectivity index (χ0) is 17.3. The molecule has 0 fully saturated rings. The van der Waals surface area contributed by atoms with E-state index in [9.17, 15) is 9.59 Å². The Morgan fingerprint density at radius 2 is 2.12 bits per heavy atom. The van der Waals surface area contributed by atoms with Crippen LogP contribution in [0.25, 0.3) is 10.9 Å². The van der Waals surface area contributed by atoms with Crippen LogP contribution >= 0.6 is 0 Å². The van der Waals surface area contributed by atoms with Gasteiger partial charge >= 0.3 is 0 Å². The maximum absolute atomic E-state index is 12.7. The normalized spacial score (nSPS) is 11.0. The molecule has 0 saturated heterocycles. The number of amides is 1. The molecule has 24 heavy (non-hydrogen) atoms. The van der Waals surface area contributed by atoms with Crippen molar-refractivity contribution in [2.24, 2.45) is 0 Å². The van der Waals surface area contributed by atoms with Gasteiger partial charge in [0.2, 0.25) is 5.56 Å². The van der Waals surface area contributed by atoms with Crippen molar-refractivity contribution < 1.29 is 9.32 Å². The fraction of sp³-hybridized carbons (Fsp3) is 0.278. The SMILES string of the molecule is CCc1nocc1CN(C)C(=O)c1ccc2c(C)cc(=O)[nH]c2c1. The zero-order valence-electron chi connectivity index (χ0n) is 13.9. The van der Waals surface area contributed by atoms with Gasteiger partial charge in [-0.2, -0.15) is 0 Å². The minimum absolute atomic E-state index is 0.123. The van der Waals surface area contributed by atoms with Gasteiger partial charge in [-0.25, -0.2) is 0 Å². The van der Waals surface area contributed by atoms with Crippen LogP contribution in [0.4, 0.5) is 0 Å². The number of hydrogen-bond acceptors (Lipinski definition) is 4. The average Bonchev–Trinajstić information content (AvgIpc) is 3.00. The molecule has 1 amide bonds. The molecule has 0 aliphatic carbocycles. The number of fused-ring (bicyclic) bond motifs is 1. The second-order valence-electron chi connectivity index (χ2n) is 5.88. The number of aromatic amines is 1. The summed E-state index contributed by atoms with van der Waals surface area (Å²) in [6, 6.07) is 6.91. The Hall–Kier alpha value is -2.89. The van der Waals surface area contributed by atoms with E-state index in [-0.39, 0.29) is 11.5 Å². The van der Waals surface area contributed by atoms with E-state index in [0.717, 1.165) is 28.6 Å². The molecular formula is C18H19N3O3. The third-order valence-corrected chi connectivity index (χ3v) is 4.11. The number of carbonyl (C=O) groups is 1. The Kier molecular flexibility index (Phi) is 4.20. The lowest BCUT2D eigenvalue weighted by Crippen LogP contribution is -2.26. The number of aryl methyl sites for hydroxylation is 2. The van der Waals surface area contributed by atoms with Crippen molar-refractivity contribution in [1.82, 2.24) is 15.0 Å². The monoisotopic (exact) mass is 325 g/mol. The minimum atomic E-state index is -0.171. The van der Waals surface area contributed by atoms with Gasteiger partial charge in [0.25, 0.3) is 5.91 Å². The van der Waals surface area contributed by atoms with E-state index in [0.29, 0.717) is 17.6 Å². The molecule has 1 aromatic carbocycles. The summed E-state index contributed by atoms with van der Waals surface area (Å²) in [5.41, 5.74) is 3.67. The van der Waals surface area contributed by atoms with Crippen LogP contribution in [0.3, 0.4) is 0 Å². The zero-order valence-corrected chi connectivity index (χ0v) is 13.9. The third kappa shape index (κ3) is 2.95. The second kappa shape index (κ2) is 6.31. The lowest BCUT2D eigenvalue weighted by Gasteiger charge is -2.17. The number of nitrogens with one attached hydrogen (secondary N) is 1. The predicted octanol–water partition coefficient (Wildman–Crippen LogP) is 2.66. The van der Waals surface area contributed by atoms with Gasteiger partial charge in [-0.05, 0) is 31.0 Å². The number of rotatable bonds is 4. The molecule has 0 radical (unpaired) electrons. The highest BCUT2D eigenvalue weighted by atomic mass is 16.5. The van der Waals surface area contributed by atoms with Crippen LogP contribution in [0.1, 0.15) is 34.1 Å². The highest BCUT2D eigenvalue weighted by Crippen LogP contribution is 2.18. The van der Waals surface area contributed by atoms with E-state index >= 15 is 0 Å². The van der Waals surface area contributed by atoms with Gasteiger partial charge in [0.05, 0.1) is 12.2 Å². The maximum Gasteiger partial charge on any atom is 0.253 e. The van der Waals surface area contributed by atoms with Gasteiger partial charge in [0, 0.05) is 35.1 Å². The average molecular weight is 325 g/mol. The molecule has 0 aliphatic rings. The van der Waals surface area contributed by atoms with E-state index in [2.05, 4.69) is 10.1 Å². The summed E-state index contributed by atoms with van der Waals surface area (Å²) in [6.07, 6.45) is 2.33. The summed E-state index contributed by atoms with van der Waals surface area (Å²) in [6.45, 7) is 4.29. The first-order chi connectivity index (χ1) is 11.5. The van der Waals surface area contributed by atoms with Gasteiger partial charge in [0.15, 0.2) is 0 Å².